The van der Waals surface area contributed by atoms with E-state index in [1.807, 2.05) is 0 Å². The van der Waals surface area contributed by atoms with Crippen molar-refractivity contribution in [2.45, 2.75) is 25.3 Å². The second-order valence-corrected chi connectivity index (χ2v) is 6.01. The van der Waals surface area contributed by atoms with Gasteiger partial charge in [0, 0.05) is 38.8 Å². The number of nitrogens with zero attached hydrogens (tertiary/aromatic N) is 1. The minimum atomic E-state index is 0.344. The van der Waals surface area contributed by atoms with E-state index in [1.165, 1.54) is 12.8 Å². The van der Waals surface area contributed by atoms with Crippen LogP contribution in [-0.2, 0) is 14.2 Å². The first-order valence-electron chi connectivity index (χ1n) is 7.87. The third-order valence-corrected chi connectivity index (χ3v) is 4.53. The molecule has 2 fully saturated rings. The molecule has 1 atom stereocenters. The molecule has 0 radical (unpaired) electrons. The van der Waals surface area contributed by atoms with Gasteiger partial charge in [-0.2, -0.15) is 0 Å². The molecule has 1 saturated heterocycles. The van der Waals surface area contributed by atoms with Gasteiger partial charge in [0.2, 0.25) is 0 Å². The summed E-state index contributed by atoms with van der Waals surface area (Å²) in [6, 6.07) is 0. The summed E-state index contributed by atoms with van der Waals surface area (Å²) in [5.74, 6) is 0.882. The predicted octanol–water partition coefficient (Wildman–Crippen LogP) is 0.740. The van der Waals surface area contributed by atoms with Crippen LogP contribution < -0.4 is 5.32 Å². The molecule has 1 unspecified atom stereocenters. The summed E-state index contributed by atoms with van der Waals surface area (Å²) in [7, 11) is 1.68. The summed E-state index contributed by atoms with van der Waals surface area (Å²) in [4.78, 5) is 2.62. The van der Waals surface area contributed by atoms with Crippen LogP contribution in [0, 0.1) is 5.92 Å². The first kappa shape index (κ1) is 16.2. The van der Waals surface area contributed by atoms with E-state index in [-0.39, 0.29) is 0 Å². The fourth-order valence-electron chi connectivity index (χ4n) is 3.04. The van der Waals surface area contributed by atoms with Gasteiger partial charge in [0.25, 0.3) is 0 Å². The first-order chi connectivity index (χ1) is 9.77. The summed E-state index contributed by atoms with van der Waals surface area (Å²) in [6.07, 6.45) is 2.78. The van der Waals surface area contributed by atoms with Gasteiger partial charge in [-0.3, -0.25) is 4.90 Å². The largest absolute Gasteiger partial charge is 0.382 e. The van der Waals surface area contributed by atoms with Gasteiger partial charge < -0.3 is 19.5 Å². The molecular weight excluding hydrogens is 256 g/mol. The molecule has 1 aliphatic carbocycles. The summed E-state index contributed by atoms with van der Waals surface area (Å²) < 4.78 is 16.0. The van der Waals surface area contributed by atoms with Gasteiger partial charge in [0.1, 0.15) is 0 Å². The van der Waals surface area contributed by atoms with Crippen LogP contribution in [0.1, 0.15) is 19.8 Å². The number of methoxy groups -OCH3 is 1. The van der Waals surface area contributed by atoms with Gasteiger partial charge in [-0.15, -0.1) is 0 Å². The Labute approximate surface area is 122 Å². The van der Waals surface area contributed by atoms with Crippen LogP contribution in [0.4, 0.5) is 0 Å². The van der Waals surface area contributed by atoms with Crippen molar-refractivity contribution >= 4 is 0 Å². The molecule has 5 heteroatoms. The average Bonchev–Trinajstić information content (AvgIpc) is 3.28. The zero-order valence-corrected chi connectivity index (χ0v) is 13.0. The van der Waals surface area contributed by atoms with Crippen LogP contribution in [0.2, 0.25) is 0 Å². The maximum absolute atomic E-state index is 5.68. The normalized spacial score (nSPS) is 27.9. The smallest absolute Gasteiger partial charge is 0.0701 e. The van der Waals surface area contributed by atoms with E-state index in [4.69, 9.17) is 14.2 Å². The molecule has 1 aliphatic heterocycles. The molecule has 1 heterocycles. The van der Waals surface area contributed by atoms with Crippen molar-refractivity contribution in [3.05, 3.63) is 0 Å². The number of hydrogen-bond donors (Lipinski definition) is 1. The third kappa shape index (κ3) is 4.67. The number of rotatable bonds is 10. The molecule has 118 valence electrons. The number of piperazine rings is 1. The highest BCUT2D eigenvalue weighted by Gasteiger charge is 2.46. The van der Waals surface area contributed by atoms with Gasteiger partial charge in [0.05, 0.1) is 33.0 Å². The zero-order chi connectivity index (χ0) is 14.3. The number of nitrogens with one attached hydrogen (secondary N) is 1. The molecule has 20 heavy (non-hydrogen) atoms. The molecule has 0 aromatic heterocycles. The van der Waals surface area contributed by atoms with E-state index in [1.54, 1.807) is 7.11 Å². The molecule has 0 aromatic carbocycles. The van der Waals surface area contributed by atoms with E-state index in [0.29, 0.717) is 32.0 Å². The van der Waals surface area contributed by atoms with Crippen LogP contribution in [0.5, 0.6) is 0 Å². The lowest BCUT2D eigenvalue weighted by Gasteiger charge is -2.45. The summed E-state index contributed by atoms with van der Waals surface area (Å²) in [6.45, 7) is 10.2. The lowest BCUT2D eigenvalue weighted by Crippen LogP contribution is -2.61. The molecule has 1 N–H and O–H groups in total. The first-order valence-corrected chi connectivity index (χ1v) is 7.87. The van der Waals surface area contributed by atoms with Crippen molar-refractivity contribution in [1.82, 2.24) is 10.2 Å². The molecule has 0 aromatic rings. The molecule has 0 amide bonds. The predicted molar refractivity (Wildman–Crippen MR) is 79.1 cm³/mol. The van der Waals surface area contributed by atoms with Gasteiger partial charge in [-0.1, -0.05) is 0 Å². The van der Waals surface area contributed by atoms with E-state index in [9.17, 15) is 0 Å². The highest BCUT2D eigenvalue weighted by molar-refractivity contribution is 5.02. The highest BCUT2D eigenvalue weighted by atomic mass is 16.5. The van der Waals surface area contributed by atoms with E-state index in [0.717, 1.165) is 38.7 Å². The Balaban J connectivity index is 1.56. The fraction of sp³-hybridized carbons (Fsp3) is 1.00. The van der Waals surface area contributed by atoms with E-state index >= 15 is 0 Å². The fourth-order valence-corrected chi connectivity index (χ4v) is 3.04. The second kappa shape index (κ2) is 8.29. The Morgan fingerprint density at radius 3 is 2.50 bits per heavy atom. The van der Waals surface area contributed by atoms with Crippen LogP contribution in [0.15, 0.2) is 0 Å². The summed E-state index contributed by atoms with van der Waals surface area (Å²) >= 11 is 0. The standard InChI is InChI=1S/C15H30N2O3/c1-15(14-3-4-14)13-16-5-6-17(15)7-8-19-11-12-20-10-9-18-2/h14,16H,3-13H2,1-2H3. The Morgan fingerprint density at radius 1 is 1.10 bits per heavy atom. The Bertz CT molecular complexity index is 274. The maximum atomic E-state index is 5.68. The molecule has 5 nitrogen and oxygen atoms in total. The number of hydrogen-bond acceptors (Lipinski definition) is 5. The summed E-state index contributed by atoms with van der Waals surface area (Å²) in [5, 5.41) is 3.54. The Morgan fingerprint density at radius 2 is 1.80 bits per heavy atom. The Hall–Kier alpha value is -0.200. The van der Waals surface area contributed by atoms with Crippen LogP contribution in [0.3, 0.4) is 0 Å². The van der Waals surface area contributed by atoms with E-state index < -0.39 is 0 Å². The Kier molecular flexibility index (Phi) is 6.71. The van der Waals surface area contributed by atoms with Crippen molar-refractivity contribution < 1.29 is 14.2 Å². The maximum Gasteiger partial charge on any atom is 0.0701 e. The van der Waals surface area contributed by atoms with Crippen molar-refractivity contribution in [3.63, 3.8) is 0 Å². The molecule has 0 spiro atoms. The minimum absolute atomic E-state index is 0.344. The molecule has 2 rings (SSSR count). The number of ether oxygens (including phenoxy) is 3. The van der Waals surface area contributed by atoms with Gasteiger partial charge in [-0.25, -0.2) is 0 Å². The third-order valence-electron chi connectivity index (χ3n) is 4.53. The van der Waals surface area contributed by atoms with Gasteiger partial charge in [0.15, 0.2) is 0 Å². The quantitative estimate of drug-likeness (QED) is 0.600. The zero-order valence-electron chi connectivity index (χ0n) is 13.0. The van der Waals surface area contributed by atoms with Crippen molar-refractivity contribution in [1.29, 1.82) is 0 Å². The van der Waals surface area contributed by atoms with Crippen molar-refractivity contribution in [3.8, 4) is 0 Å². The average molecular weight is 286 g/mol. The molecule has 0 bridgehead atoms. The van der Waals surface area contributed by atoms with Gasteiger partial charge >= 0.3 is 0 Å². The highest BCUT2D eigenvalue weighted by Crippen LogP contribution is 2.43. The monoisotopic (exact) mass is 286 g/mol. The lowest BCUT2D eigenvalue weighted by atomic mass is 9.91. The molecular formula is C15H30N2O3. The van der Waals surface area contributed by atoms with Gasteiger partial charge in [-0.05, 0) is 25.7 Å². The topological polar surface area (TPSA) is 43.0 Å². The second-order valence-electron chi connectivity index (χ2n) is 6.01. The SMILES string of the molecule is COCCOCCOCCN1CCNCC1(C)C1CC1. The van der Waals surface area contributed by atoms with Crippen LogP contribution >= 0.6 is 0 Å². The van der Waals surface area contributed by atoms with Crippen molar-refractivity contribution in [2.24, 2.45) is 5.92 Å². The molecule has 2 aliphatic rings. The summed E-state index contributed by atoms with van der Waals surface area (Å²) in [5.41, 5.74) is 0.344. The molecule has 1 saturated carbocycles. The van der Waals surface area contributed by atoms with Crippen LogP contribution in [0.25, 0.3) is 0 Å². The van der Waals surface area contributed by atoms with E-state index in [2.05, 4.69) is 17.1 Å². The lowest BCUT2D eigenvalue weighted by molar-refractivity contribution is -0.00240. The van der Waals surface area contributed by atoms with Crippen molar-refractivity contribution in [2.75, 3.05) is 66.3 Å². The van der Waals surface area contributed by atoms with Crippen LogP contribution in [-0.4, -0.2) is 76.8 Å². The minimum Gasteiger partial charge on any atom is -0.382 e.